The molecule has 0 aliphatic carbocycles. The fourth-order valence-corrected chi connectivity index (χ4v) is 2.46. The molecule has 1 heterocycles. The smallest absolute Gasteiger partial charge is 0.235 e. The highest BCUT2D eigenvalue weighted by Crippen LogP contribution is 2.20. The lowest BCUT2D eigenvalue weighted by atomic mass is 9.97. The van der Waals surface area contributed by atoms with Crippen LogP contribution in [0.2, 0.25) is 0 Å². The van der Waals surface area contributed by atoms with Crippen LogP contribution in [0, 0.1) is 12.8 Å². The van der Waals surface area contributed by atoms with E-state index in [1.165, 1.54) is 11.1 Å². The van der Waals surface area contributed by atoms with E-state index in [1.54, 1.807) is 0 Å². The molecular weight excluding hydrogens is 248 g/mol. The third-order valence-electron chi connectivity index (χ3n) is 3.88. The maximum absolute atomic E-state index is 5.86. The van der Waals surface area contributed by atoms with Crippen LogP contribution in [0.1, 0.15) is 25.4 Å². The highest BCUT2D eigenvalue weighted by Gasteiger charge is 2.20. The Morgan fingerprint density at radius 3 is 2.60 bits per heavy atom. The molecule has 0 saturated carbocycles. The first kappa shape index (κ1) is 14.7. The van der Waals surface area contributed by atoms with E-state index in [4.69, 9.17) is 10.5 Å². The molecule has 0 spiro atoms. The van der Waals surface area contributed by atoms with Crippen molar-refractivity contribution in [2.45, 2.75) is 26.4 Å². The van der Waals surface area contributed by atoms with Crippen molar-refractivity contribution in [3.8, 4) is 0 Å². The maximum Gasteiger partial charge on any atom is 0.235 e. The summed E-state index contributed by atoms with van der Waals surface area (Å²) in [5.74, 6) is 1.41. The maximum atomic E-state index is 5.86. The molecule has 1 aliphatic heterocycles. The largest absolute Gasteiger partial charge is 0.468 e. The molecule has 3 heteroatoms. The molecule has 1 saturated heterocycles. The van der Waals surface area contributed by atoms with Gasteiger partial charge in [0.25, 0.3) is 0 Å². The second-order valence-electron chi connectivity index (χ2n) is 5.42. The number of benzene rings is 1. The van der Waals surface area contributed by atoms with Gasteiger partial charge in [-0.3, -0.25) is 0 Å². The Morgan fingerprint density at radius 1 is 1.40 bits per heavy atom. The molecular formula is C17H26N2O. The van der Waals surface area contributed by atoms with Crippen LogP contribution in [0.25, 0.3) is 0 Å². The van der Waals surface area contributed by atoms with Gasteiger partial charge in [0.05, 0.1) is 0 Å². The number of nitrogens with zero attached hydrogens (tertiary/aromatic N) is 1. The second-order valence-corrected chi connectivity index (χ2v) is 5.42. The number of hydrogen-bond donors (Lipinski definition) is 1. The normalized spacial score (nSPS) is 15.8. The molecule has 20 heavy (non-hydrogen) atoms. The third kappa shape index (κ3) is 3.89. The summed E-state index contributed by atoms with van der Waals surface area (Å²) < 4.78 is 5.86. The molecule has 0 amide bonds. The molecule has 1 aromatic carbocycles. The van der Waals surface area contributed by atoms with Crippen molar-refractivity contribution in [1.82, 2.24) is 4.90 Å². The van der Waals surface area contributed by atoms with E-state index in [-0.39, 0.29) is 1.43 Å². The second kappa shape index (κ2) is 7.18. The number of ether oxygens (including phenoxy) is 1. The number of aryl methyl sites for hydroxylation is 1. The molecule has 0 aromatic heterocycles. The van der Waals surface area contributed by atoms with E-state index >= 15 is 0 Å². The molecule has 1 fully saturated rings. The van der Waals surface area contributed by atoms with Crippen LogP contribution >= 0.6 is 0 Å². The summed E-state index contributed by atoms with van der Waals surface area (Å²) >= 11 is 0. The molecule has 0 atom stereocenters. The van der Waals surface area contributed by atoms with Crippen molar-refractivity contribution in [3.05, 3.63) is 53.6 Å². The van der Waals surface area contributed by atoms with Gasteiger partial charge in [0, 0.05) is 14.5 Å². The van der Waals surface area contributed by atoms with Crippen molar-refractivity contribution in [2.75, 3.05) is 19.6 Å². The van der Waals surface area contributed by atoms with E-state index in [1.807, 2.05) is 0 Å². The lowest BCUT2D eigenvalue weighted by molar-refractivity contribution is 0.0808. The first-order valence-corrected chi connectivity index (χ1v) is 7.26. The van der Waals surface area contributed by atoms with E-state index in [0.29, 0.717) is 12.5 Å². The van der Waals surface area contributed by atoms with Gasteiger partial charge >= 0.3 is 0 Å². The number of piperidine rings is 1. The minimum Gasteiger partial charge on any atom is -0.468 e. The Kier molecular flexibility index (Phi) is 5.28. The van der Waals surface area contributed by atoms with Gasteiger partial charge in [-0.05, 0) is 37.8 Å². The van der Waals surface area contributed by atoms with Crippen molar-refractivity contribution in [2.24, 2.45) is 11.7 Å². The van der Waals surface area contributed by atoms with Crippen LogP contribution in [-0.2, 0) is 11.3 Å². The molecule has 2 N–H and O–H groups in total. The molecule has 0 radical (unpaired) electrons. The van der Waals surface area contributed by atoms with Crippen molar-refractivity contribution in [3.63, 3.8) is 0 Å². The van der Waals surface area contributed by atoms with Crippen LogP contribution in [-0.4, -0.2) is 24.5 Å². The van der Waals surface area contributed by atoms with Crippen LogP contribution in [0.15, 0.2) is 42.5 Å². The van der Waals surface area contributed by atoms with E-state index in [2.05, 4.69) is 48.4 Å². The van der Waals surface area contributed by atoms with Gasteiger partial charge in [-0.25, -0.2) is 0 Å². The van der Waals surface area contributed by atoms with E-state index in [0.717, 1.165) is 38.4 Å². The van der Waals surface area contributed by atoms with Crippen LogP contribution in [0.5, 0.6) is 0 Å². The Balaban J connectivity index is 0.00000220. The van der Waals surface area contributed by atoms with Gasteiger partial charge in [0.15, 0.2) is 0 Å². The summed E-state index contributed by atoms with van der Waals surface area (Å²) in [5, 5.41) is 0. The van der Waals surface area contributed by atoms with Gasteiger partial charge < -0.3 is 15.4 Å². The highest BCUT2D eigenvalue weighted by atomic mass is 16.5. The summed E-state index contributed by atoms with van der Waals surface area (Å²) in [6.07, 6.45) is 2.24. The Morgan fingerprint density at radius 2 is 2.05 bits per heavy atom. The molecule has 3 nitrogen and oxygen atoms in total. The average molecular weight is 274 g/mol. The van der Waals surface area contributed by atoms with Gasteiger partial charge in [0.2, 0.25) is 5.88 Å². The SMILES string of the molecule is C=C=C(OCc1ccc(C)cc1)N1CCC(CN)CC1.[HH]. The van der Waals surface area contributed by atoms with E-state index in [9.17, 15) is 0 Å². The summed E-state index contributed by atoms with van der Waals surface area (Å²) in [4.78, 5) is 2.22. The highest BCUT2D eigenvalue weighted by molar-refractivity contribution is 5.20. The molecule has 2 rings (SSSR count). The summed E-state index contributed by atoms with van der Waals surface area (Å²) in [5.41, 5.74) is 11.1. The number of rotatable bonds is 5. The predicted molar refractivity (Wildman–Crippen MR) is 84.1 cm³/mol. The van der Waals surface area contributed by atoms with Crippen LogP contribution in [0.4, 0.5) is 0 Å². The quantitative estimate of drug-likeness (QED) is 0.662. The topological polar surface area (TPSA) is 38.5 Å². The Labute approximate surface area is 123 Å². The van der Waals surface area contributed by atoms with Crippen molar-refractivity contribution >= 4 is 0 Å². The van der Waals surface area contributed by atoms with E-state index < -0.39 is 0 Å². The Hall–Kier alpha value is -1.70. The molecule has 0 unspecified atom stereocenters. The lowest BCUT2D eigenvalue weighted by Gasteiger charge is -2.33. The zero-order chi connectivity index (χ0) is 14.4. The fraction of sp³-hybridized carbons (Fsp3) is 0.471. The minimum atomic E-state index is 0. The number of nitrogens with two attached hydrogens (primary N) is 1. The van der Waals surface area contributed by atoms with Crippen LogP contribution < -0.4 is 5.73 Å². The zero-order valence-corrected chi connectivity index (χ0v) is 12.3. The summed E-state index contributed by atoms with van der Waals surface area (Å²) in [6.45, 7) is 9.14. The van der Waals surface area contributed by atoms with Gasteiger partial charge in [-0.2, -0.15) is 0 Å². The third-order valence-corrected chi connectivity index (χ3v) is 3.88. The summed E-state index contributed by atoms with van der Waals surface area (Å²) in [7, 11) is 0. The molecule has 110 valence electrons. The molecule has 1 aliphatic rings. The zero-order valence-electron chi connectivity index (χ0n) is 12.3. The van der Waals surface area contributed by atoms with Gasteiger partial charge in [-0.15, -0.1) is 0 Å². The van der Waals surface area contributed by atoms with Gasteiger partial charge in [-0.1, -0.05) is 42.1 Å². The average Bonchev–Trinajstić information content (AvgIpc) is 2.50. The van der Waals surface area contributed by atoms with Crippen LogP contribution in [0.3, 0.4) is 0 Å². The Bertz CT molecular complexity index is 472. The molecule has 1 aromatic rings. The van der Waals surface area contributed by atoms with Crippen molar-refractivity contribution in [1.29, 1.82) is 0 Å². The summed E-state index contributed by atoms with van der Waals surface area (Å²) in [6, 6.07) is 8.39. The molecule has 0 bridgehead atoms. The standard InChI is InChI=1S/C17H24N2O.H2/c1-3-17(19-10-8-15(12-18)9-11-19)20-13-16-6-4-14(2)5-7-16;/h4-7,15H,1,8-13,18H2,2H3;1H. The number of likely N-dealkylation sites (tertiary alicyclic amines) is 1. The fourth-order valence-electron chi connectivity index (χ4n) is 2.46. The van der Waals surface area contributed by atoms with Gasteiger partial charge in [0.1, 0.15) is 6.61 Å². The first-order valence-electron chi connectivity index (χ1n) is 7.26. The van der Waals surface area contributed by atoms with Crippen molar-refractivity contribution < 1.29 is 6.16 Å². The first-order chi connectivity index (χ1) is 9.72. The lowest BCUT2D eigenvalue weighted by Crippen LogP contribution is -2.36. The minimum absolute atomic E-state index is 0. The predicted octanol–water partition coefficient (Wildman–Crippen LogP) is 3.05. The number of hydrogen-bond acceptors (Lipinski definition) is 3. The monoisotopic (exact) mass is 274 g/mol.